The SMILES string of the molecule is CN(C)c1nc(N[C@H]2CC[C@@H](CNC[C@@H]3CCCN3S(=O)(=O)c3ccc(C(C)(C)C)cc3)CC2)nc2ccccc12. The van der Waals surface area contributed by atoms with Gasteiger partial charge in [-0.3, -0.25) is 0 Å². The fourth-order valence-corrected chi connectivity index (χ4v) is 7.90. The maximum atomic E-state index is 13.5. The molecule has 41 heavy (non-hydrogen) atoms. The van der Waals surface area contributed by atoms with Crippen molar-refractivity contribution in [2.75, 3.05) is 43.9 Å². The van der Waals surface area contributed by atoms with Crippen LogP contribution in [0, 0.1) is 5.92 Å². The minimum absolute atomic E-state index is 0.00256. The molecule has 8 nitrogen and oxygen atoms in total. The van der Waals surface area contributed by atoms with Crippen LogP contribution in [0.25, 0.3) is 10.9 Å². The molecule has 1 saturated carbocycles. The Morgan fingerprint density at radius 3 is 2.32 bits per heavy atom. The number of nitrogens with zero attached hydrogens (tertiary/aromatic N) is 4. The molecule has 2 N–H and O–H groups in total. The Balaban J connectivity index is 1.11. The third kappa shape index (κ3) is 6.84. The van der Waals surface area contributed by atoms with Gasteiger partial charge in [0.05, 0.1) is 10.4 Å². The molecule has 222 valence electrons. The summed E-state index contributed by atoms with van der Waals surface area (Å²) < 4.78 is 28.7. The third-order valence-electron chi connectivity index (χ3n) is 8.65. The van der Waals surface area contributed by atoms with Gasteiger partial charge in [0.15, 0.2) is 0 Å². The molecular formula is C32H46N6O2S. The van der Waals surface area contributed by atoms with Crippen LogP contribution < -0.4 is 15.5 Å². The van der Waals surface area contributed by atoms with Crippen LogP contribution in [-0.2, 0) is 15.4 Å². The minimum atomic E-state index is -3.49. The number of anilines is 2. The molecule has 1 aromatic heterocycles. The van der Waals surface area contributed by atoms with Gasteiger partial charge in [0.2, 0.25) is 16.0 Å². The van der Waals surface area contributed by atoms with E-state index in [0.29, 0.717) is 35.9 Å². The Labute approximate surface area is 246 Å². The molecule has 2 heterocycles. The van der Waals surface area contributed by atoms with E-state index in [1.165, 1.54) is 0 Å². The molecular weight excluding hydrogens is 532 g/mol. The van der Waals surface area contributed by atoms with Crippen LogP contribution in [0.1, 0.15) is 64.9 Å². The molecule has 1 aliphatic heterocycles. The molecule has 0 radical (unpaired) electrons. The van der Waals surface area contributed by atoms with Gasteiger partial charge >= 0.3 is 0 Å². The fraction of sp³-hybridized carbons (Fsp3) is 0.562. The Morgan fingerprint density at radius 1 is 0.927 bits per heavy atom. The average molecular weight is 579 g/mol. The topological polar surface area (TPSA) is 90.5 Å². The van der Waals surface area contributed by atoms with Crippen molar-refractivity contribution in [3.05, 3.63) is 54.1 Å². The second-order valence-corrected chi connectivity index (χ2v) is 14.9. The van der Waals surface area contributed by atoms with Gasteiger partial charge in [-0.15, -0.1) is 0 Å². The quantitative estimate of drug-likeness (QED) is 0.351. The van der Waals surface area contributed by atoms with Crippen molar-refractivity contribution in [1.29, 1.82) is 0 Å². The van der Waals surface area contributed by atoms with Gasteiger partial charge in [0.25, 0.3) is 0 Å². The first-order valence-electron chi connectivity index (χ1n) is 15.1. The second-order valence-electron chi connectivity index (χ2n) is 13.0. The van der Waals surface area contributed by atoms with Gasteiger partial charge in [0, 0.05) is 44.7 Å². The van der Waals surface area contributed by atoms with Crippen molar-refractivity contribution in [3.8, 4) is 0 Å². The molecule has 3 aromatic rings. The molecule has 2 fully saturated rings. The van der Waals surface area contributed by atoms with Crippen LogP contribution in [0.15, 0.2) is 53.4 Å². The Kier molecular flexibility index (Phi) is 8.87. The van der Waals surface area contributed by atoms with Crippen LogP contribution in [-0.4, -0.2) is 68.5 Å². The molecule has 0 unspecified atom stereocenters. The van der Waals surface area contributed by atoms with Gasteiger partial charge < -0.3 is 15.5 Å². The first-order chi connectivity index (χ1) is 19.5. The molecule has 9 heteroatoms. The monoisotopic (exact) mass is 578 g/mol. The van der Waals surface area contributed by atoms with E-state index in [4.69, 9.17) is 9.97 Å². The van der Waals surface area contributed by atoms with Crippen LogP contribution >= 0.6 is 0 Å². The number of para-hydroxylation sites is 1. The smallest absolute Gasteiger partial charge is 0.243 e. The number of rotatable bonds is 9. The summed E-state index contributed by atoms with van der Waals surface area (Å²) >= 11 is 0. The molecule has 0 spiro atoms. The number of sulfonamides is 1. The molecule has 0 bridgehead atoms. The van der Waals surface area contributed by atoms with Gasteiger partial charge in [-0.1, -0.05) is 45.0 Å². The number of nitrogens with one attached hydrogen (secondary N) is 2. The lowest BCUT2D eigenvalue weighted by Crippen LogP contribution is -2.43. The van der Waals surface area contributed by atoms with Crippen LogP contribution in [0.2, 0.25) is 0 Å². The zero-order valence-electron chi connectivity index (χ0n) is 25.2. The van der Waals surface area contributed by atoms with Crippen LogP contribution in [0.3, 0.4) is 0 Å². The minimum Gasteiger partial charge on any atom is -0.362 e. The normalized spacial score (nSPS) is 22.2. The van der Waals surface area contributed by atoms with E-state index in [-0.39, 0.29) is 11.5 Å². The second kappa shape index (κ2) is 12.2. The highest BCUT2D eigenvalue weighted by Crippen LogP contribution is 2.30. The molecule has 2 aliphatic rings. The highest BCUT2D eigenvalue weighted by molar-refractivity contribution is 7.89. The van der Waals surface area contributed by atoms with E-state index in [1.807, 2.05) is 49.3 Å². The van der Waals surface area contributed by atoms with E-state index < -0.39 is 10.0 Å². The highest BCUT2D eigenvalue weighted by Gasteiger charge is 2.35. The van der Waals surface area contributed by atoms with Crippen LogP contribution in [0.4, 0.5) is 11.8 Å². The predicted molar refractivity (Wildman–Crippen MR) is 168 cm³/mol. The summed E-state index contributed by atoms with van der Waals surface area (Å²) in [6.07, 6.45) is 6.23. The lowest BCUT2D eigenvalue weighted by Gasteiger charge is -2.30. The zero-order valence-corrected chi connectivity index (χ0v) is 26.0. The van der Waals surface area contributed by atoms with E-state index in [1.54, 1.807) is 16.4 Å². The summed E-state index contributed by atoms with van der Waals surface area (Å²) in [5, 5.41) is 8.28. The van der Waals surface area contributed by atoms with Gasteiger partial charge in [-0.2, -0.15) is 9.29 Å². The maximum Gasteiger partial charge on any atom is 0.243 e. The zero-order chi connectivity index (χ0) is 29.2. The fourth-order valence-electron chi connectivity index (χ4n) is 6.20. The third-order valence-corrected chi connectivity index (χ3v) is 10.6. The van der Waals surface area contributed by atoms with E-state index >= 15 is 0 Å². The number of hydrogen-bond acceptors (Lipinski definition) is 7. The highest BCUT2D eigenvalue weighted by atomic mass is 32.2. The average Bonchev–Trinajstić information content (AvgIpc) is 3.43. The standard InChI is InChI=1S/C32H46N6O2S/c1-32(2,3)24-14-18-27(19-15-24)41(39,40)38-20-8-9-26(38)22-33-21-23-12-16-25(17-13-23)34-31-35-29-11-7-6-10-28(29)30(36-31)37(4)5/h6-7,10-11,14-15,18-19,23,25-26,33H,8-9,12-13,16-17,20-22H2,1-5H3,(H,34,35,36)/t23-,25+,26-/m0/s1. The van der Waals surface area contributed by atoms with Crippen molar-refractivity contribution in [1.82, 2.24) is 19.6 Å². The summed E-state index contributed by atoms with van der Waals surface area (Å²) in [5.74, 6) is 2.23. The number of aromatic nitrogens is 2. The number of fused-ring (bicyclic) bond motifs is 1. The Hall–Kier alpha value is -2.75. The van der Waals surface area contributed by atoms with Gasteiger partial charge in [-0.05, 0) is 86.2 Å². The summed E-state index contributed by atoms with van der Waals surface area (Å²) in [5.41, 5.74) is 2.10. The van der Waals surface area contributed by atoms with E-state index in [9.17, 15) is 8.42 Å². The van der Waals surface area contributed by atoms with Gasteiger partial charge in [-0.25, -0.2) is 13.4 Å². The van der Waals surface area contributed by atoms with Crippen molar-refractivity contribution in [2.45, 2.75) is 81.7 Å². The number of hydrogen-bond donors (Lipinski definition) is 2. The molecule has 1 saturated heterocycles. The molecule has 1 atom stereocenters. The molecule has 1 aliphatic carbocycles. The predicted octanol–water partition coefficient (Wildman–Crippen LogP) is 5.41. The molecule has 0 amide bonds. The van der Waals surface area contributed by atoms with Crippen molar-refractivity contribution in [3.63, 3.8) is 0 Å². The van der Waals surface area contributed by atoms with E-state index in [0.717, 1.165) is 67.4 Å². The summed E-state index contributed by atoms with van der Waals surface area (Å²) in [4.78, 5) is 12.0. The lowest BCUT2D eigenvalue weighted by atomic mass is 9.86. The lowest BCUT2D eigenvalue weighted by molar-refractivity contribution is 0.308. The van der Waals surface area contributed by atoms with Gasteiger partial charge in [0.1, 0.15) is 5.82 Å². The summed E-state index contributed by atoms with van der Waals surface area (Å²) in [7, 11) is 0.536. The number of benzene rings is 2. The van der Waals surface area contributed by atoms with E-state index in [2.05, 4.69) is 37.5 Å². The summed E-state index contributed by atoms with van der Waals surface area (Å²) in [6, 6.07) is 16.0. The van der Waals surface area contributed by atoms with Crippen molar-refractivity contribution < 1.29 is 8.42 Å². The first-order valence-corrected chi connectivity index (χ1v) is 16.5. The molecule has 2 aromatic carbocycles. The molecule has 5 rings (SSSR count). The largest absolute Gasteiger partial charge is 0.362 e. The first kappa shape index (κ1) is 29.7. The maximum absolute atomic E-state index is 13.5. The summed E-state index contributed by atoms with van der Waals surface area (Å²) in [6.45, 7) is 8.65. The van der Waals surface area contributed by atoms with Crippen molar-refractivity contribution >= 4 is 32.7 Å². The van der Waals surface area contributed by atoms with Crippen molar-refractivity contribution in [2.24, 2.45) is 5.92 Å². The Morgan fingerprint density at radius 2 is 1.63 bits per heavy atom. The Bertz CT molecular complexity index is 1430. The van der Waals surface area contributed by atoms with Crippen LogP contribution in [0.5, 0.6) is 0 Å².